The van der Waals surface area contributed by atoms with Crippen molar-refractivity contribution in [2.75, 3.05) is 18.5 Å². The van der Waals surface area contributed by atoms with E-state index in [1.54, 1.807) is 4.68 Å². The highest BCUT2D eigenvalue weighted by molar-refractivity contribution is 5.56. The smallest absolute Gasteiger partial charge is 0.144 e. The van der Waals surface area contributed by atoms with Gasteiger partial charge in [-0.3, -0.25) is 4.68 Å². The molecule has 0 fully saturated rings. The summed E-state index contributed by atoms with van der Waals surface area (Å²) < 4.78 is 1.78. The predicted molar refractivity (Wildman–Crippen MR) is 76.1 cm³/mol. The summed E-state index contributed by atoms with van der Waals surface area (Å²) in [7, 11) is 3.88. The van der Waals surface area contributed by atoms with Crippen molar-refractivity contribution in [3.63, 3.8) is 0 Å². The van der Waals surface area contributed by atoms with Gasteiger partial charge >= 0.3 is 0 Å². The Morgan fingerprint density at radius 3 is 2.63 bits per heavy atom. The fraction of sp³-hybridized carbons (Fsp3) is 0.333. The van der Waals surface area contributed by atoms with Crippen LogP contribution < -0.4 is 4.90 Å². The summed E-state index contributed by atoms with van der Waals surface area (Å²) in [6, 6.07) is 12.6. The highest BCUT2D eigenvalue weighted by Crippen LogP contribution is 2.21. The summed E-state index contributed by atoms with van der Waals surface area (Å²) in [5.41, 5.74) is 2.75. The fourth-order valence-corrected chi connectivity index (χ4v) is 2.26. The van der Waals surface area contributed by atoms with Crippen LogP contribution in [0.5, 0.6) is 0 Å². The number of hydrogen-bond donors (Lipinski definition) is 0. The van der Waals surface area contributed by atoms with Gasteiger partial charge < -0.3 is 4.90 Å². The van der Waals surface area contributed by atoms with E-state index in [0.29, 0.717) is 5.56 Å². The van der Waals surface area contributed by atoms with Crippen LogP contribution in [0.15, 0.2) is 30.3 Å². The second-order valence-electron chi connectivity index (χ2n) is 4.68. The van der Waals surface area contributed by atoms with Gasteiger partial charge in [-0.2, -0.15) is 10.4 Å². The molecule has 4 heteroatoms. The zero-order valence-corrected chi connectivity index (χ0v) is 11.6. The Balaban J connectivity index is 2.13. The molecule has 0 radical (unpaired) electrons. The van der Waals surface area contributed by atoms with Crippen molar-refractivity contribution >= 4 is 5.82 Å². The van der Waals surface area contributed by atoms with Crippen molar-refractivity contribution < 1.29 is 0 Å². The van der Waals surface area contributed by atoms with Gasteiger partial charge in [0, 0.05) is 20.6 Å². The molecule has 2 aromatic rings. The minimum absolute atomic E-state index is 0.665. The average Bonchev–Trinajstić information content (AvgIpc) is 2.71. The lowest BCUT2D eigenvalue weighted by Gasteiger charge is -2.19. The molecular formula is C15H18N4. The third kappa shape index (κ3) is 2.76. The molecule has 0 aliphatic heterocycles. The number of nitriles is 1. The van der Waals surface area contributed by atoms with E-state index < -0.39 is 0 Å². The maximum atomic E-state index is 9.22. The van der Waals surface area contributed by atoms with E-state index >= 15 is 0 Å². The van der Waals surface area contributed by atoms with E-state index in [1.807, 2.05) is 39.2 Å². The van der Waals surface area contributed by atoms with Crippen LogP contribution in [0.4, 0.5) is 5.82 Å². The number of aryl methyl sites for hydroxylation is 2. The molecule has 0 aliphatic rings. The number of likely N-dealkylation sites (N-methyl/N-ethyl adjacent to an activating group) is 1. The molecule has 98 valence electrons. The average molecular weight is 254 g/mol. The van der Waals surface area contributed by atoms with Crippen LogP contribution in [0.25, 0.3) is 0 Å². The first kappa shape index (κ1) is 13.2. The molecule has 19 heavy (non-hydrogen) atoms. The SMILES string of the molecule is Cc1nn(C)c(N(C)CCc2ccccc2)c1C#N. The van der Waals surface area contributed by atoms with Gasteiger partial charge in [0.1, 0.15) is 17.5 Å². The van der Waals surface area contributed by atoms with E-state index in [0.717, 1.165) is 24.5 Å². The van der Waals surface area contributed by atoms with E-state index in [4.69, 9.17) is 0 Å². The number of nitrogens with zero attached hydrogens (tertiary/aromatic N) is 4. The molecule has 1 heterocycles. The standard InChI is InChI=1S/C15H18N4/c1-12-14(11-16)15(19(3)17-12)18(2)10-9-13-7-5-4-6-8-13/h4-8H,9-10H2,1-3H3. The lowest BCUT2D eigenvalue weighted by Crippen LogP contribution is -2.23. The van der Waals surface area contributed by atoms with Crippen LogP contribution in [0.2, 0.25) is 0 Å². The second kappa shape index (κ2) is 5.57. The largest absolute Gasteiger partial charge is 0.358 e. The highest BCUT2D eigenvalue weighted by atomic mass is 15.4. The first-order valence-electron chi connectivity index (χ1n) is 6.32. The van der Waals surface area contributed by atoms with Crippen molar-refractivity contribution in [2.24, 2.45) is 7.05 Å². The lowest BCUT2D eigenvalue weighted by molar-refractivity contribution is 0.724. The quantitative estimate of drug-likeness (QED) is 0.840. The van der Waals surface area contributed by atoms with Crippen LogP contribution >= 0.6 is 0 Å². The van der Waals surface area contributed by atoms with Crippen molar-refractivity contribution in [2.45, 2.75) is 13.3 Å². The summed E-state index contributed by atoms with van der Waals surface area (Å²) in [6.07, 6.45) is 0.951. The highest BCUT2D eigenvalue weighted by Gasteiger charge is 2.16. The van der Waals surface area contributed by atoms with Crippen LogP contribution in [0.1, 0.15) is 16.8 Å². The zero-order chi connectivity index (χ0) is 13.8. The van der Waals surface area contributed by atoms with Gasteiger partial charge in [-0.25, -0.2) is 0 Å². The minimum Gasteiger partial charge on any atom is -0.358 e. The number of hydrogen-bond acceptors (Lipinski definition) is 3. The molecule has 0 saturated heterocycles. The Morgan fingerprint density at radius 1 is 1.32 bits per heavy atom. The summed E-state index contributed by atoms with van der Waals surface area (Å²) in [5.74, 6) is 0.885. The van der Waals surface area contributed by atoms with E-state index in [2.05, 4.69) is 28.2 Å². The Labute approximate surface area is 113 Å². The Morgan fingerprint density at radius 2 is 2.00 bits per heavy atom. The molecule has 0 unspecified atom stereocenters. The Kier molecular flexibility index (Phi) is 3.86. The van der Waals surface area contributed by atoms with Crippen LogP contribution in [-0.2, 0) is 13.5 Å². The van der Waals surface area contributed by atoms with E-state index in [-0.39, 0.29) is 0 Å². The maximum Gasteiger partial charge on any atom is 0.144 e. The maximum absolute atomic E-state index is 9.22. The molecule has 0 spiro atoms. The van der Waals surface area contributed by atoms with E-state index in [9.17, 15) is 5.26 Å². The molecule has 0 saturated carbocycles. The summed E-state index contributed by atoms with van der Waals surface area (Å²) in [4.78, 5) is 2.09. The topological polar surface area (TPSA) is 44.9 Å². The van der Waals surface area contributed by atoms with Crippen LogP contribution in [0, 0.1) is 18.3 Å². The van der Waals surface area contributed by atoms with Crippen molar-refractivity contribution in [3.8, 4) is 6.07 Å². The number of anilines is 1. The third-order valence-electron chi connectivity index (χ3n) is 3.24. The monoisotopic (exact) mass is 254 g/mol. The molecule has 0 bridgehead atoms. The molecule has 2 rings (SSSR count). The van der Waals surface area contributed by atoms with Crippen molar-refractivity contribution in [3.05, 3.63) is 47.2 Å². The van der Waals surface area contributed by atoms with Gasteiger partial charge in [-0.05, 0) is 18.9 Å². The Hall–Kier alpha value is -2.28. The lowest BCUT2D eigenvalue weighted by atomic mass is 10.1. The number of aromatic nitrogens is 2. The first-order valence-corrected chi connectivity index (χ1v) is 6.32. The zero-order valence-electron chi connectivity index (χ0n) is 11.6. The van der Waals surface area contributed by atoms with Gasteiger partial charge in [0.25, 0.3) is 0 Å². The molecule has 4 nitrogen and oxygen atoms in total. The molecule has 0 atom stereocenters. The fourth-order valence-electron chi connectivity index (χ4n) is 2.26. The molecule has 1 aromatic carbocycles. The van der Waals surface area contributed by atoms with Gasteiger partial charge in [0.2, 0.25) is 0 Å². The van der Waals surface area contributed by atoms with Crippen molar-refractivity contribution in [1.29, 1.82) is 5.26 Å². The van der Waals surface area contributed by atoms with Crippen molar-refractivity contribution in [1.82, 2.24) is 9.78 Å². The molecule has 0 N–H and O–H groups in total. The first-order chi connectivity index (χ1) is 9.13. The number of rotatable bonds is 4. The summed E-state index contributed by atoms with van der Waals surface area (Å²) in [5, 5.41) is 13.5. The van der Waals surface area contributed by atoms with Crippen LogP contribution in [-0.4, -0.2) is 23.4 Å². The molecule has 1 aromatic heterocycles. The molecule has 0 amide bonds. The van der Waals surface area contributed by atoms with Crippen LogP contribution in [0.3, 0.4) is 0 Å². The summed E-state index contributed by atoms with van der Waals surface area (Å²) in [6.45, 7) is 2.73. The Bertz CT molecular complexity index is 593. The predicted octanol–water partition coefficient (Wildman–Crippen LogP) is 2.28. The molecular weight excluding hydrogens is 236 g/mol. The normalized spacial score (nSPS) is 10.2. The van der Waals surface area contributed by atoms with Gasteiger partial charge in [0.15, 0.2) is 0 Å². The minimum atomic E-state index is 0.665. The second-order valence-corrected chi connectivity index (χ2v) is 4.68. The van der Waals surface area contributed by atoms with Gasteiger partial charge in [-0.15, -0.1) is 0 Å². The van der Waals surface area contributed by atoms with Gasteiger partial charge in [0.05, 0.1) is 5.69 Å². The summed E-state index contributed by atoms with van der Waals surface area (Å²) >= 11 is 0. The number of benzene rings is 1. The third-order valence-corrected chi connectivity index (χ3v) is 3.24. The van der Waals surface area contributed by atoms with E-state index in [1.165, 1.54) is 5.56 Å². The molecule has 0 aliphatic carbocycles. The van der Waals surface area contributed by atoms with Gasteiger partial charge in [-0.1, -0.05) is 30.3 Å².